The average molecular weight is 471 g/mol. The maximum absolute atomic E-state index is 13.6. The summed E-state index contributed by atoms with van der Waals surface area (Å²) in [5.41, 5.74) is 4.92. The molecule has 0 radical (unpaired) electrons. The van der Waals surface area contributed by atoms with Gasteiger partial charge in [-0.05, 0) is 57.9 Å². The summed E-state index contributed by atoms with van der Waals surface area (Å²) in [5, 5.41) is 8.30. The molecule has 176 valence electrons. The highest BCUT2D eigenvalue weighted by Gasteiger charge is 2.35. The standard InChI is InChI=1S/C23H30N6O3S/c1-6-27-15-20(23(30)29-18(4)14-17(3)24-29)22(25-27)33(31,32)28-12-10-26(11-13-28)21-9-7-8-16(2)19(21)5/h7-9,14-15H,6,10-13H2,1-5H3. The fourth-order valence-electron chi connectivity index (χ4n) is 4.22. The van der Waals surface area contributed by atoms with Gasteiger partial charge in [0.05, 0.1) is 5.69 Å². The van der Waals surface area contributed by atoms with Gasteiger partial charge in [-0.2, -0.15) is 14.5 Å². The molecule has 3 heterocycles. The van der Waals surface area contributed by atoms with Gasteiger partial charge in [0.15, 0.2) is 0 Å². The minimum atomic E-state index is -3.95. The number of aryl methyl sites for hydroxylation is 4. The molecular weight excluding hydrogens is 440 g/mol. The number of piperazine rings is 1. The zero-order valence-electron chi connectivity index (χ0n) is 19.7. The Balaban J connectivity index is 1.62. The molecule has 0 saturated carbocycles. The van der Waals surface area contributed by atoms with E-state index in [4.69, 9.17) is 0 Å². The van der Waals surface area contributed by atoms with E-state index in [1.54, 1.807) is 19.9 Å². The van der Waals surface area contributed by atoms with Crippen LogP contribution in [0.3, 0.4) is 0 Å². The predicted molar refractivity (Wildman–Crippen MR) is 126 cm³/mol. The molecule has 2 aromatic heterocycles. The molecule has 0 unspecified atom stereocenters. The quantitative estimate of drug-likeness (QED) is 0.569. The number of nitrogens with zero attached hydrogens (tertiary/aromatic N) is 6. The fraction of sp³-hybridized carbons (Fsp3) is 0.435. The van der Waals surface area contributed by atoms with E-state index in [2.05, 4.69) is 41.1 Å². The van der Waals surface area contributed by atoms with Crippen LogP contribution in [0.1, 0.15) is 39.8 Å². The molecule has 4 rings (SSSR count). The summed E-state index contributed by atoms with van der Waals surface area (Å²) in [6.45, 7) is 11.8. The Kier molecular flexibility index (Phi) is 6.15. The molecule has 1 aliphatic rings. The van der Waals surface area contributed by atoms with Crippen molar-refractivity contribution in [3.05, 3.63) is 58.5 Å². The van der Waals surface area contributed by atoms with Crippen molar-refractivity contribution in [1.29, 1.82) is 0 Å². The lowest BCUT2D eigenvalue weighted by Crippen LogP contribution is -2.49. The number of hydrogen-bond donors (Lipinski definition) is 0. The predicted octanol–water partition coefficient (Wildman–Crippen LogP) is 2.53. The smallest absolute Gasteiger partial charge is 0.283 e. The topological polar surface area (TPSA) is 93.3 Å². The minimum absolute atomic E-state index is 0.0417. The third-order valence-electron chi connectivity index (χ3n) is 6.22. The zero-order chi connectivity index (χ0) is 23.9. The molecule has 9 nitrogen and oxygen atoms in total. The van der Waals surface area contributed by atoms with Crippen LogP contribution in [0.15, 0.2) is 35.5 Å². The van der Waals surface area contributed by atoms with Gasteiger partial charge in [-0.15, -0.1) is 0 Å². The van der Waals surface area contributed by atoms with Gasteiger partial charge in [0.1, 0.15) is 5.56 Å². The van der Waals surface area contributed by atoms with Crippen LogP contribution in [-0.2, 0) is 16.6 Å². The molecule has 0 bridgehead atoms. The summed E-state index contributed by atoms with van der Waals surface area (Å²) in [5.74, 6) is -0.493. The molecule has 0 aliphatic carbocycles. The zero-order valence-corrected chi connectivity index (χ0v) is 20.6. The van der Waals surface area contributed by atoms with E-state index < -0.39 is 15.9 Å². The molecule has 10 heteroatoms. The second-order valence-electron chi connectivity index (χ2n) is 8.46. The molecule has 1 aliphatic heterocycles. The summed E-state index contributed by atoms with van der Waals surface area (Å²) in [6.07, 6.45) is 1.50. The van der Waals surface area contributed by atoms with E-state index in [0.29, 0.717) is 44.1 Å². The number of anilines is 1. The lowest BCUT2D eigenvalue weighted by Gasteiger charge is -2.36. The van der Waals surface area contributed by atoms with Gasteiger partial charge in [0, 0.05) is 50.3 Å². The molecule has 33 heavy (non-hydrogen) atoms. The van der Waals surface area contributed by atoms with Crippen molar-refractivity contribution >= 4 is 21.6 Å². The summed E-state index contributed by atoms with van der Waals surface area (Å²) < 4.78 is 31.3. The van der Waals surface area contributed by atoms with Crippen molar-refractivity contribution in [1.82, 2.24) is 23.9 Å². The second-order valence-corrected chi connectivity index (χ2v) is 10.3. The van der Waals surface area contributed by atoms with E-state index >= 15 is 0 Å². The second kappa shape index (κ2) is 8.75. The van der Waals surface area contributed by atoms with E-state index in [9.17, 15) is 13.2 Å². The maximum atomic E-state index is 13.6. The summed E-state index contributed by atoms with van der Waals surface area (Å²) in [7, 11) is -3.95. The maximum Gasteiger partial charge on any atom is 0.283 e. The van der Waals surface area contributed by atoms with Crippen molar-refractivity contribution in [2.45, 2.75) is 46.2 Å². The van der Waals surface area contributed by atoms with Crippen LogP contribution in [-0.4, -0.2) is 64.4 Å². The van der Waals surface area contributed by atoms with E-state index in [0.717, 1.165) is 5.69 Å². The largest absolute Gasteiger partial charge is 0.369 e. The van der Waals surface area contributed by atoms with Crippen molar-refractivity contribution in [3.63, 3.8) is 0 Å². The molecule has 3 aromatic rings. The van der Waals surface area contributed by atoms with Crippen LogP contribution >= 0.6 is 0 Å². The minimum Gasteiger partial charge on any atom is -0.369 e. The van der Waals surface area contributed by atoms with Crippen LogP contribution in [0.4, 0.5) is 5.69 Å². The molecule has 0 N–H and O–H groups in total. The van der Waals surface area contributed by atoms with Crippen molar-refractivity contribution in [2.75, 3.05) is 31.1 Å². The SMILES string of the molecule is CCn1cc(C(=O)n2nc(C)cc2C)c(S(=O)(=O)N2CCN(c3cccc(C)c3C)CC2)n1. The van der Waals surface area contributed by atoms with Gasteiger partial charge >= 0.3 is 0 Å². The first-order chi connectivity index (χ1) is 15.6. The van der Waals surface area contributed by atoms with Gasteiger partial charge < -0.3 is 4.90 Å². The summed E-state index contributed by atoms with van der Waals surface area (Å²) in [4.78, 5) is 15.4. The first-order valence-corrected chi connectivity index (χ1v) is 12.5. The van der Waals surface area contributed by atoms with Gasteiger partial charge in [0.2, 0.25) is 5.03 Å². The van der Waals surface area contributed by atoms with Crippen molar-refractivity contribution in [2.24, 2.45) is 0 Å². The highest BCUT2D eigenvalue weighted by atomic mass is 32.2. The number of aromatic nitrogens is 4. The lowest BCUT2D eigenvalue weighted by atomic mass is 10.1. The van der Waals surface area contributed by atoms with Crippen LogP contribution in [0.5, 0.6) is 0 Å². The number of carbonyl (C=O) groups excluding carboxylic acids is 1. The third kappa shape index (κ3) is 4.20. The molecule has 1 saturated heterocycles. The molecule has 0 amide bonds. The van der Waals surface area contributed by atoms with Gasteiger partial charge in [-0.3, -0.25) is 9.48 Å². The molecule has 0 spiro atoms. The monoisotopic (exact) mass is 470 g/mol. The average Bonchev–Trinajstić information content (AvgIpc) is 3.38. The third-order valence-corrected chi connectivity index (χ3v) is 8.06. The Labute approximate surface area is 194 Å². The van der Waals surface area contributed by atoms with Crippen molar-refractivity contribution < 1.29 is 13.2 Å². The molecule has 1 fully saturated rings. The Morgan fingerprint density at radius 3 is 2.33 bits per heavy atom. The van der Waals surface area contributed by atoms with Gasteiger partial charge in [0.25, 0.3) is 15.9 Å². The number of hydrogen-bond acceptors (Lipinski definition) is 6. The first-order valence-electron chi connectivity index (χ1n) is 11.1. The normalized spacial score (nSPS) is 15.2. The van der Waals surface area contributed by atoms with Crippen LogP contribution in [0.25, 0.3) is 0 Å². The number of sulfonamides is 1. The van der Waals surface area contributed by atoms with E-state index in [-0.39, 0.29) is 10.6 Å². The first kappa shape index (κ1) is 23.2. The van der Waals surface area contributed by atoms with Crippen LogP contribution < -0.4 is 4.90 Å². The number of rotatable bonds is 5. The van der Waals surface area contributed by atoms with Crippen molar-refractivity contribution in [3.8, 4) is 0 Å². The summed E-state index contributed by atoms with van der Waals surface area (Å²) >= 11 is 0. The van der Waals surface area contributed by atoms with Gasteiger partial charge in [-0.1, -0.05) is 12.1 Å². The fourth-order valence-corrected chi connectivity index (χ4v) is 5.74. The Morgan fingerprint density at radius 2 is 1.73 bits per heavy atom. The molecular formula is C23H30N6O3S. The molecule has 1 aromatic carbocycles. The lowest BCUT2D eigenvalue weighted by molar-refractivity contribution is 0.0938. The number of carbonyl (C=O) groups is 1. The summed E-state index contributed by atoms with van der Waals surface area (Å²) in [6, 6.07) is 7.95. The van der Waals surface area contributed by atoms with Crippen LogP contribution in [0, 0.1) is 27.7 Å². The van der Waals surface area contributed by atoms with Gasteiger partial charge in [-0.25, -0.2) is 13.1 Å². The van der Waals surface area contributed by atoms with E-state index in [1.165, 1.54) is 31.0 Å². The Morgan fingerprint density at radius 1 is 1.03 bits per heavy atom. The molecule has 0 atom stereocenters. The highest BCUT2D eigenvalue weighted by Crippen LogP contribution is 2.26. The van der Waals surface area contributed by atoms with E-state index in [1.807, 2.05) is 13.0 Å². The Bertz CT molecular complexity index is 1300. The Hall–Kier alpha value is -2.98. The van der Waals surface area contributed by atoms with Crippen LogP contribution in [0.2, 0.25) is 0 Å². The highest BCUT2D eigenvalue weighted by molar-refractivity contribution is 7.89. The number of benzene rings is 1.